The first-order chi connectivity index (χ1) is 11.4. The molecule has 0 aliphatic heterocycles. The lowest BCUT2D eigenvalue weighted by Gasteiger charge is -2.17. The molecule has 3 nitrogen and oxygen atoms in total. The quantitative estimate of drug-likeness (QED) is 0.637. The fraction of sp³-hybridized carbons (Fsp3) is 0.381. The Labute approximate surface area is 146 Å². The molecule has 0 atom stereocenters. The standard InChI is InChI=1S/C21H29NO2/c1-7-16(8-2)14-22-21(23)18-11-17(15(5)6)12-20(13-18)24-19(9-3)10-4/h7-8,11-13,19H,1,5,9-10,14H2,2-4,6H3,(H,22,23)/b16-8+. The lowest BCUT2D eigenvalue weighted by molar-refractivity contribution is 0.0956. The first-order valence-electron chi connectivity index (χ1n) is 8.48. The topological polar surface area (TPSA) is 38.3 Å². The van der Waals surface area contributed by atoms with Gasteiger partial charge in [0.05, 0.1) is 6.10 Å². The Kier molecular flexibility index (Phi) is 8.03. The summed E-state index contributed by atoms with van der Waals surface area (Å²) in [7, 11) is 0. The third kappa shape index (κ3) is 5.73. The molecule has 1 aromatic carbocycles. The molecule has 0 fully saturated rings. The van der Waals surface area contributed by atoms with Crippen molar-refractivity contribution in [2.45, 2.75) is 46.6 Å². The molecule has 0 radical (unpaired) electrons. The summed E-state index contributed by atoms with van der Waals surface area (Å²) >= 11 is 0. The van der Waals surface area contributed by atoms with E-state index in [1.54, 1.807) is 12.1 Å². The van der Waals surface area contributed by atoms with Crippen molar-refractivity contribution in [2.75, 3.05) is 6.54 Å². The fourth-order valence-corrected chi connectivity index (χ4v) is 2.27. The van der Waals surface area contributed by atoms with Gasteiger partial charge in [0.15, 0.2) is 0 Å². The maximum Gasteiger partial charge on any atom is 0.251 e. The Morgan fingerprint density at radius 3 is 2.38 bits per heavy atom. The van der Waals surface area contributed by atoms with Crippen LogP contribution in [-0.2, 0) is 0 Å². The Balaban J connectivity index is 3.04. The van der Waals surface area contributed by atoms with E-state index in [2.05, 4.69) is 32.3 Å². The first kappa shape index (κ1) is 19.8. The van der Waals surface area contributed by atoms with Crippen LogP contribution in [0.1, 0.15) is 56.5 Å². The largest absolute Gasteiger partial charge is 0.490 e. The van der Waals surface area contributed by atoms with Crippen molar-refractivity contribution in [3.63, 3.8) is 0 Å². The second kappa shape index (κ2) is 9.76. The van der Waals surface area contributed by atoms with Crippen LogP contribution < -0.4 is 10.1 Å². The number of ether oxygens (including phenoxy) is 1. The van der Waals surface area contributed by atoms with Gasteiger partial charge >= 0.3 is 0 Å². The van der Waals surface area contributed by atoms with Crippen molar-refractivity contribution in [1.29, 1.82) is 0 Å². The molecule has 0 bridgehead atoms. The predicted molar refractivity (Wildman–Crippen MR) is 102 cm³/mol. The maximum atomic E-state index is 12.5. The van der Waals surface area contributed by atoms with Gasteiger partial charge in [-0.3, -0.25) is 4.79 Å². The normalized spacial score (nSPS) is 11.3. The summed E-state index contributed by atoms with van der Waals surface area (Å²) in [6, 6.07) is 5.59. The molecule has 0 saturated carbocycles. The summed E-state index contributed by atoms with van der Waals surface area (Å²) in [4.78, 5) is 12.5. The average molecular weight is 327 g/mol. The van der Waals surface area contributed by atoms with Gasteiger partial charge in [-0.1, -0.05) is 44.7 Å². The molecular formula is C21H29NO2. The molecule has 24 heavy (non-hydrogen) atoms. The van der Waals surface area contributed by atoms with E-state index >= 15 is 0 Å². The minimum atomic E-state index is -0.131. The summed E-state index contributed by atoms with van der Waals surface area (Å²) < 4.78 is 6.01. The van der Waals surface area contributed by atoms with Gasteiger partial charge in [-0.2, -0.15) is 0 Å². The second-order valence-electron chi connectivity index (χ2n) is 5.83. The zero-order chi connectivity index (χ0) is 18.1. The van der Waals surface area contributed by atoms with E-state index in [0.29, 0.717) is 17.9 Å². The van der Waals surface area contributed by atoms with Gasteiger partial charge in [-0.25, -0.2) is 0 Å². The maximum absolute atomic E-state index is 12.5. The van der Waals surface area contributed by atoms with Crippen LogP contribution in [-0.4, -0.2) is 18.6 Å². The van der Waals surface area contributed by atoms with Crippen molar-refractivity contribution in [1.82, 2.24) is 5.32 Å². The summed E-state index contributed by atoms with van der Waals surface area (Å²) in [6.07, 6.45) is 5.68. The molecule has 1 rings (SSSR count). The van der Waals surface area contributed by atoms with E-state index in [0.717, 1.165) is 29.6 Å². The number of rotatable bonds is 9. The summed E-state index contributed by atoms with van der Waals surface area (Å²) in [6.45, 7) is 16.2. The molecule has 130 valence electrons. The van der Waals surface area contributed by atoms with Gasteiger partial charge in [-0.15, -0.1) is 0 Å². The molecule has 0 spiro atoms. The van der Waals surface area contributed by atoms with Crippen LogP contribution >= 0.6 is 0 Å². The molecule has 0 heterocycles. The molecule has 0 unspecified atom stereocenters. The highest BCUT2D eigenvalue weighted by molar-refractivity contribution is 5.95. The third-order valence-electron chi connectivity index (χ3n) is 3.96. The lowest BCUT2D eigenvalue weighted by atomic mass is 10.0. The van der Waals surface area contributed by atoms with E-state index in [9.17, 15) is 4.79 Å². The zero-order valence-corrected chi connectivity index (χ0v) is 15.3. The van der Waals surface area contributed by atoms with Crippen molar-refractivity contribution in [3.8, 4) is 5.75 Å². The highest BCUT2D eigenvalue weighted by Crippen LogP contribution is 2.24. The molecule has 3 heteroatoms. The summed E-state index contributed by atoms with van der Waals surface area (Å²) in [5.74, 6) is 0.582. The van der Waals surface area contributed by atoms with Crippen LogP contribution in [0.15, 0.2) is 49.1 Å². The predicted octanol–water partition coefficient (Wildman–Crippen LogP) is 5.15. The first-order valence-corrected chi connectivity index (χ1v) is 8.48. The van der Waals surface area contributed by atoms with E-state index in [4.69, 9.17) is 4.74 Å². The Hall–Kier alpha value is -2.29. The van der Waals surface area contributed by atoms with Crippen LogP contribution in [0.3, 0.4) is 0 Å². The summed E-state index contributed by atoms with van der Waals surface area (Å²) in [5.41, 5.74) is 3.38. The van der Waals surface area contributed by atoms with E-state index in [1.165, 1.54) is 0 Å². The van der Waals surface area contributed by atoms with Gasteiger partial charge in [0.2, 0.25) is 0 Å². The van der Waals surface area contributed by atoms with Gasteiger partial charge in [0, 0.05) is 12.1 Å². The lowest BCUT2D eigenvalue weighted by Crippen LogP contribution is -2.25. The molecule has 0 aromatic heterocycles. The van der Waals surface area contributed by atoms with Crippen LogP contribution in [0.4, 0.5) is 0 Å². The highest BCUT2D eigenvalue weighted by Gasteiger charge is 2.12. The molecule has 1 amide bonds. The number of carbonyl (C=O) groups is 1. The second-order valence-corrected chi connectivity index (χ2v) is 5.83. The van der Waals surface area contributed by atoms with Crippen molar-refractivity contribution >= 4 is 11.5 Å². The highest BCUT2D eigenvalue weighted by atomic mass is 16.5. The number of amides is 1. The molecular weight excluding hydrogens is 298 g/mol. The number of allylic oxidation sites excluding steroid dienone is 2. The van der Waals surface area contributed by atoms with Gasteiger partial charge < -0.3 is 10.1 Å². The Morgan fingerprint density at radius 2 is 1.88 bits per heavy atom. The Bertz CT molecular complexity index is 625. The van der Waals surface area contributed by atoms with Crippen molar-refractivity contribution in [3.05, 3.63) is 60.2 Å². The number of carbonyl (C=O) groups excluding carboxylic acids is 1. The van der Waals surface area contributed by atoms with Crippen molar-refractivity contribution < 1.29 is 9.53 Å². The molecule has 0 aliphatic rings. The molecule has 1 N–H and O–H groups in total. The zero-order valence-electron chi connectivity index (χ0n) is 15.3. The number of benzene rings is 1. The average Bonchev–Trinajstić information content (AvgIpc) is 2.59. The SMILES string of the molecule is C=C/C(=C\C)CNC(=O)c1cc(OC(CC)CC)cc(C(=C)C)c1. The minimum absolute atomic E-state index is 0.131. The number of hydrogen-bond acceptors (Lipinski definition) is 2. The summed E-state index contributed by atoms with van der Waals surface area (Å²) in [5, 5.41) is 2.91. The Morgan fingerprint density at radius 1 is 1.25 bits per heavy atom. The molecule has 0 aliphatic carbocycles. The third-order valence-corrected chi connectivity index (χ3v) is 3.96. The smallest absolute Gasteiger partial charge is 0.251 e. The fourth-order valence-electron chi connectivity index (χ4n) is 2.27. The van der Waals surface area contributed by atoms with E-state index < -0.39 is 0 Å². The van der Waals surface area contributed by atoms with Gasteiger partial charge in [0.25, 0.3) is 5.91 Å². The minimum Gasteiger partial charge on any atom is -0.490 e. The van der Waals surface area contributed by atoms with Crippen LogP contribution in [0.2, 0.25) is 0 Å². The van der Waals surface area contributed by atoms with Crippen LogP contribution in [0, 0.1) is 0 Å². The van der Waals surface area contributed by atoms with Crippen LogP contribution in [0.25, 0.3) is 5.57 Å². The number of hydrogen-bond donors (Lipinski definition) is 1. The molecule has 0 saturated heterocycles. The van der Waals surface area contributed by atoms with Gasteiger partial charge in [0.1, 0.15) is 5.75 Å². The van der Waals surface area contributed by atoms with Crippen LogP contribution in [0.5, 0.6) is 5.75 Å². The van der Waals surface area contributed by atoms with E-state index in [-0.39, 0.29) is 12.0 Å². The van der Waals surface area contributed by atoms with Crippen molar-refractivity contribution in [2.24, 2.45) is 0 Å². The van der Waals surface area contributed by atoms with Gasteiger partial charge in [-0.05, 0) is 56.0 Å². The number of nitrogens with one attached hydrogen (secondary N) is 1. The monoisotopic (exact) mass is 327 g/mol. The van der Waals surface area contributed by atoms with E-state index in [1.807, 2.05) is 32.1 Å². The molecule has 1 aromatic rings.